The zero-order valence-corrected chi connectivity index (χ0v) is 26.8. The lowest BCUT2D eigenvalue weighted by Crippen LogP contribution is -2.51. The number of halogens is 2. The molecule has 1 spiro atoms. The third-order valence-corrected chi connectivity index (χ3v) is 9.37. The molecule has 9 nitrogen and oxygen atoms in total. The normalized spacial score (nSPS) is 21.2. The Morgan fingerprint density at radius 2 is 1.84 bits per heavy atom. The van der Waals surface area contributed by atoms with E-state index in [1.165, 1.54) is 12.1 Å². The molecule has 2 N–H and O–H groups in total. The van der Waals surface area contributed by atoms with E-state index in [9.17, 15) is 14.0 Å². The fourth-order valence-electron chi connectivity index (χ4n) is 6.49. The number of aromatic nitrogens is 4. The van der Waals surface area contributed by atoms with E-state index in [1.54, 1.807) is 18.2 Å². The van der Waals surface area contributed by atoms with Crippen LogP contribution < -0.4 is 5.32 Å². The highest BCUT2D eigenvalue weighted by Gasteiger charge is 2.52. The molecule has 0 unspecified atom stereocenters. The number of nitrogens with zero attached hydrogens (tertiary/aromatic N) is 5. The van der Waals surface area contributed by atoms with Gasteiger partial charge in [0.05, 0.1) is 17.6 Å². The van der Waals surface area contributed by atoms with Crippen LogP contribution >= 0.6 is 11.6 Å². The van der Waals surface area contributed by atoms with Crippen LogP contribution in [0, 0.1) is 23.1 Å². The van der Waals surface area contributed by atoms with Crippen LogP contribution in [0.3, 0.4) is 0 Å². The summed E-state index contributed by atoms with van der Waals surface area (Å²) in [5.74, 6) is 0.375. The molecule has 2 aliphatic rings. The summed E-state index contributed by atoms with van der Waals surface area (Å²) in [5, 5.41) is 16.4. The standard InChI is InChI=1S/C33H41ClFN7O2/c1-20(2)6-13-27(21-7-9-22(10-8-21)30(43)36-19-28-38-40-41-39-28)42-31(44)29(23-11-12-26(35)25(34)18-23)37-33(42)16-14-24(15-17-33)32(3,4)5/h7-12,18,20,24,27H,6,13-17,19H2,1-5H3,(H,36,43)(H,38,39,40,41)/t24?,27-,33?/m1/s1. The van der Waals surface area contributed by atoms with Crippen molar-refractivity contribution < 1.29 is 14.0 Å². The quantitative estimate of drug-likeness (QED) is 0.277. The molecule has 0 radical (unpaired) electrons. The van der Waals surface area contributed by atoms with Gasteiger partial charge in [0, 0.05) is 11.1 Å². The van der Waals surface area contributed by atoms with Crippen LogP contribution in [0.4, 0.5) is 4.39 Å². The lowest BCUT2D eigenvalue weighted by atomic mass is 9.69. The number of carbonyl (C=O) groups is 2. The highest BCUT2D eigenvalue weighted by Crippen LogP contribution is 2.50. The second-order valence-corrected chi connectivity index (χ2v) is 13.9. The van der Waals surface area contributed by atoms with Crippen LogP contribution in [0.1, 0.15) is 106 Å². The first-order chi connectivity index (χ1) is 20.9. The van der Waals surface area contributed by atoms with E-state index >= 15 is 0 Å². The monoisotopic (exact) mass is 621 g/mol. The van der Waals surface area contributed by atoms with Crippen molar-refractivity contribution >= 4 is 29.1 Å². The fourth-order valence-corrected chi connectivity index (χ4v) is 6.67. The van der Waals surface area contributed by atoms with Crippen LogP contribution in [0.5, 0.6) is 0 Å². The van der Waals surface area contributed by atoms with Gasteiger partial charge in [-0.15, -0.1) is 10.2 Å². The van der Waals surface area contributed by atoms with Gasteiger partial charge in [-0.25, -0.2) is 4.39 Å². The molecule has 2 aromatic carbocycles. The summed E-state index contributed by atoms with van der Waals surface area (Å²) in [6.07, 6.45) is 5.03. The number of amides is 2. The van der Waals surface area contributed by atoms with E-state index in [0.717, 1.165) is 44.1 Å². The zero-order chi connectivity index (χ0) is 31.6. The number of aromatic amines is 1. The van der Waals surface area contributed by atoms with E-state index in [0.29, 0.717) is 34.5 Å². The zero-order valence-electron chi connectivity index (χ0n) is 26.0. The van der Waals surface area contributed by atoms with Crippen LogP contribution in [0.2, 0.25) is 5.02 Å². The Labute approximate surface area is 263 Å². The smallest absolute Gasteiger partial charge is 0.275 e. The molecule has 5 rings (SSSR count). The maximum Gasteiger partial charge on any atom is 0.275 e. The summed E-state index contributed by atoms with van der Waals surface area (Å²) in [7, 11) is 0. The maximum atomic E-state index is 14.5. The third-order valence-electron chi connectivity index (χ3n) is 9.08. The van der Waals surface area contributed by atoms with Crippen molar-refractivity contribution in [2.45, 2.75) is 91.4 Å². The molecule has 234 valence electrons. The van der Waals surface area contributed by atoms with Gasteiger partial charge in [0.1, 0.15) is 17.2 Å². The number of tetrazole rings is 1. The first kappa shape index (κ1) is 31.8. The lowest BCUT2D eigenvalue weighted by Gasteiger charge is -2.47. The van der Waals surface area contributed by atoms with Gasteiger partial charge in [-0.05, 0) is 91.7 Å². The van der Waals surface area contributed by atoms with Gasteiger partial charge in [0.2, 0.25) is 0 Å². The van der Waals surface area contributed by atoms with Gasteiger partial charge in [-0.3, -0.25) is 14.6 Å². The molecule has 1 aromatic heterocycles. The lowest BCUT2D eigenvalue weighted by molar-refractivity contribution is -0.133. The van der Waals surface area contributed by atoms with Crippen LogP contribution in [-0.2, 0) is 11.3 Å². The minimum absolute atomic E-state index is 0.0357. The van der Waals surface area contributed by atoms with Crippen molar-refractivity contribution in [3.63, 3.8) is 0 Å². The molecule has 1 aliphatic carbocycles. The summed E-state index contributed by atoms with van der Waals surface area (Å²) in [4.78, 5) is 34.5. The molecule has 1 saturated carbocycles. The van der Waals surface area contributed by atoms with Crippen LogP contribution in [0.15, 0.2) is 47.5 Å². The Bertz CT molecular complexity index is 1510. The van der Waals surface area contributed by atoms with E-state index < -0.39 is 11.5 Å². The Morgan fingerprint density at radius 3 is 2.43 bits per heavy atom. The topological polar surface area (TPSA) is 116 Å². The van der Waals surface area contributed by atoms with Crippen molar-refractivity contribution in [2.24, 2.45) is 22.2 Å². The minimum Gasteiger partial charge on any atom is -0.345 e. The predicted octanol–water partition coefficient (Wildman–Crippen LogP) is 6.66. The number of H-pyrrole nitrogens is 1. The first-order valence-corrected chi connectivity index (χ1v) is 15.7. The van der Waals surface area contributed by atoms with Crippen molar-refractivity contribution in [3.8, 4) is 0 Å². The number of nitrogens with one attached hydrogen (secondary N) is 2. The summed E-state index contributed by atoms with van der Waals surface area (Å²) in [6, 6.07) is 11.6. The Morgan fingerprint density at radius 1 is 1.14 bits per heavy atom. The van der Waals surface area contributed by atoms with Crippen LogP contribution in [0.25, 0.3) is 0 Å². The molecular formula is C33H41ClFN7O2. The van der Waals surface area contributed by atoms with Gasteiger partial charge in [-0.2, -0.15) is 5.21 Å². The van der Waals surface area contributed by atoms with Gasteiger partial charge in [0.15, 0.2) is 5.82 Å². The largest absolute Gasteiger partial charge is 0.345 e. The Balaban J connectivity index is 1.49. The predicted molar refractivity (Wildman–Crippen MR) is 168 cm³/mol. The molecule has 0 bridgehead atoms. The number of hydrogen-bond donors (Lipinski definition) is 2. The Hall–Kier alpha value is -3.66. The number of rotatable bonds is 9. The fraction of sp³-hybridized carbons (Fsp3) is 0.515. The molecule has 11 heteroatoms. The molecule has 1 aliphatic heterocycles. The molecule has 0 saturated heterocycles. The molecule has 3 aromatic rings. The number of benzene rings is 2. The van der Waals surface area contributed by atoms with Crippen molar-refractivity contribution in [1.82, 2.24) is 30.8 Å². The minimum atomic E-state index is -0.711. The second-order valence-electron chi connectivity index (χ2n) is 13.5. The molecule has 1 atom stereocenters. The molecule has 44 heavy (non-hydrogen) atoms. The first-order valence-electron chi connectivity index (χ1n) is 15.4. The summed E-state index contributed by atoms with van der Waals surface area (Å²) in [5.41, 5.74) is 1.73. The second kappa shape index (κ2) is 12.8. The van der Waals surface area contributed by atoms with E-state index in [1.807, 2.05) is 17.0 Å². The molecule has 2 amide bonds. The van der Waals surface area contributed by atoms with E-state index in [4.69, 9.17) is 16.6 Å². The average Bonchev–Trinajstić information content (AvgIpc) is 3.60. The molecule has 2 heterocycles. The molecule has 1 fully saturated rings. The maximum absolute atomic E-state index is 14.5. The average molecular weight is 622 g/mol. The van der Waals surface area contributed by atoms with Crippen LogP contribution in [-0.4, -0.2) is 48.7 Å². The number of carbonyl (C=O) groups excluding carboxylic acids is 2. The van der Waals surface area contributed by atoms with Crippen molar-refractivity contribution in [3.05, 3.63) is 75.8 Å². The molecular weight excluding hydrogens is 581 g/mol. The highest BCUT2D eigenvalue weighted by molar-refractivity contribution is 6.47. The number of aliphatic imine (C=N–C) groups is 1. The van der Waals surface area contributed by atoms with Crippen molar-refractivity contribution in [2.75, 3.05) is 0 Å². The highest BCUT2D eigenvalue weighted by atomic mass is 35.5. The van der Waals surface area contributed by atoms with Gasteiger partial charge in [-0.1, -0.05) is 63.6 Å². The van der Waals surface area contributed by atoms with E-state index in [-0.39, 0.29) is 34.8 Å². The third kappa shape index (κ3) is 6.70. The summed E-state index contributed by atoms with van der Waals surface area (Å²) in [6.45, 7) is 11.3. The van der Waals surface area contributed by atoms with Gasteiger partial charge in [0.25, 0.3) is 11.8 Å². The Kier molecular flexibility index (Phi) is 9.20. The van der Waals surface area contributed by atoms with Gasteiger partial charge < -0.3 is 10.2 Å². The van der Waals surface area contributed by atoms with E-state index in [2.05, 4.69) is 60.6 Å². The summed E-state index contributed by atoms with van der Waals surface area (Å²) >= 11 is 6.16. The SMILES string of the molecule is CC(C)CC[C@H](c1ccc(C(=O)NCc2nn[nH]n2)cc1)N1C(=O)C(c2ccc(F)c(Cl)c2)=NC12CCC(C(C)(C)C)CC2. The van der Waals surface area contributed by atoms with Gasteiger partial charge >= 0.3 is 0 Å². The summed E-state index contributed by atoms with van der Waals surface area (Å²) < 4.78 is 14.1. The van der Waals surface area contributed by atoms with Crippen molar-refractivity contribution in [1.29, 1.82) is 0 Å². The number of hydrogen-bond acceptors (Lipinski definition) is 6.